The van der Waals surface area contributed by atoms with Crippen molar-refractivity contribution in [1.29, 1.82) is 4.78 Å². The number of hydrogen-bond donors (Lipinski definition) is 3. The fourth-order valence-corrected chi connectivity index (χ4v) is 3.96. The number of rotatable bonds is 1. The largest absolute Gasteiger partial charge is 0.385 e. The molecule has 0 fully saturated rings. The van der Waals surface area contributed by atoms with Gasteiger partial charge in [0.1, 0.15) is 4.21 Å². The lowest BCUT2D eigenvalue weighted by Gasteiger charge is -2.14. The van der Waals surface area contributed by atoms with Gasteiger partial charge in [0.2, 0.25) is 0 Å². The highest BCUT2D eigenvalue weighted by Gasteiger charge is 2.35. The van der Waals surface area contributed by atoms with E-state index in [0.29, 0.717) is 4.88 Å². The highest BCUT2D eigenvalue weighted by molar-refractivity contribution is 7.93. The Morgan fingerprint density at radius 2 is 2.20 bits per heavy atom. The number of nitrogens with one attached hydrogen (secondary N) is 2. The van der Waals surface area contributed by atoms with Gasteiger partial charge in [-0.05, 0) is 19.9 Å². The number of thiophene rings is 1. The Bertz CT molecular complexity index is 537. The lowest BCUT2D eigenvalue weighted by molar-refractivity contribution is 0.0825. The van der Waals surface area contributed by atoms with Gasteiger partial charge in [-0.15, -0.1) is 11.3 Å². The van der Waals surface area contributed by atoms with Crippen molar-refractivity contribution in [3.05, 3.63) is 16.5 Å². The van der Waals surface area contributed by atoms with Crippen molar-refractivity contribution in [2.75, 3.05) is 0 Å². The number of carbonyl (C=O) groups is 1. The van der Waals surface area contributed by atoms with E-state index in [2.05, 4.69) is 4.72 Å². The minimum absolute atomic E-state index is 0.213. The maximum absolute atomic E-state index is 11.6. The third kappa shape index (κ3) is 1.56. The van der Waals surface area contributed by atoms with Crippen molar-refractivity contribution in [1.82, 2.24) is 4.72 Å². The van der Waals surface area contributed by atoms with E-state index >= 15 is 0 Å². The predicted molar refractivity (Wildman–Crippen MR) is 56.2 cm³/mol. The predicted octanol–water partition coefficient (Wildman–Crippen LogP) is 1.04. The van der Waals surface area contributed by atoms with Crippen LogP contribution in [-0.2, 0) is 15.5 Å². The normalized spacial score (nSPS) is 25.1. The van der Waals surface area contributed by atoms with Crippen LogP contribution in [0, 0.1) is 4.78 Å². The van der Waals surface area contributed by atoms with E-state index in [-0.39, 0.29) is 9.77 Å². The minimum Gasteiger partial charge on any atom is -0.385 e. The van der Waals surface area contributed by atoms with Gasteiger partial charge in [0, 0.05) is 4.88 Å². The van der Waals surface area contributed by atoms with E-state index in [1.54, 1.807) is 13.8 Å². The summed E-state index contributed by atoms with van der Waals surface area (Å²) in [6.07, 6.45) is 0. The molecule has 7 heteroatoms. The zero-order valence-electron chi connectivity index (χ0n) is 8.16. The van der Waals surface area contributed by atoms with Crippen LogP contribution in [0.1, 0.15) is 29.1 Å². The summed E-state index contributed by atoms with van der Waals surface area (Å²) in [6, 6.07) is 1.50. The monoisotopic (exact) mass is 246 g/mol. The Hall–Kier alpha value is -0.920. The maximum Gasteiger partial charge on any atom is 0.266 e. The Balaban J connectivity index is 2.66. The Morgan fingerprint density at radius 3 is 2.67 bits per heavy atom. The fraction of sp³-hybridized carbons (Fsp3) is 0.375. The molecule has 82 valence electrons. The lowest BCUT2D eigenvalue weighted by Crippen LogP contribution is -2.21. The second-order valence-corrected chi connectivity index (χ2v) is 6.89. The first-order valence-electron chi connectivity index (χ1n) is 4.19. The van der Waals surface area contributed by atoms with Crippen LogP contribution in [-0.4, -0.2) is 15.2 Å². The van der Waals surface area contributed by atoms with Crippen LogP contribution in [0.2, 0.25) is 0 Å². The summed E-state index contributed by atoms with van der Waals surface area (Å²) in [6.45, 7) is 3.16. The molecule has 0 radical (unpaired) electrons. The topological polar surface area (TPSA) is 90.2 Å². The molecule has 0 saturated carbocycles. The van der Waals surface area contributed by atoms with E-state index in [1.807, 2.05) is 0 Å². The summed E-state index contributed by atoms with van der Waals surface area (Å²) in [5, 5.41) is 9.73. The SMILES string of the molecule is CC(C)(O)c1cc2c(s1)S(=N)(=O)NC2=O. The molecule has 5 nitrogen and oxygen atoms in total. The Morgan fingerprint density at radius 1 is 1.60 bits per heavy atom. The Labute approximate surface area is 91.2 Å². The van der Waals surface area contributed by atoms with Gasteiger partial charge in [-0.1, -0.05) is 0 Å². The smallest absolute Gasteiger partial charge is 0.266 e. The molecule has 1 aliphatic heterocycles. The Kier molecular flexibility index (Phi) is 1.98. The summed E-state index contributed by atoms with van der Waals surface area (Å²) < 4.78 is 21.4. The molecule has 1 atom stereocenters. The lowest BCUT2D eigenvalue weighted by atomic mass is 10.1. The number of fused-ring (bicyclic) bond motifs is 1. The van der Waals surface area contributed by atoms with Crippen LogP contribution in [0.5, 0.6) is 0 Å². The quantitative estimate of drug-likeness (QED) is 0.691. The van der Waals surface area contributed by atoms with E-state index in [4.69, 9.17) is 4.78 Å². The highest BCUT2D eigenvalue weighted by Crippen LogP contribution is 2.36. The van der Waals surface area contributed by atoms with Crippen molar-refractivity contribution in [2.45, 2.75) is 23.7 Å². The average Bonchev–Trinajstić information content (AvgIpc) is 2.51. The van der Waals surface area contributed by atoms with E-state index < -0.39 is 21.4 Å². The molecule has 1 aromatic heterocycles. The van der Waals surface area contributed by atoms with Gasteiger partial charge >= 0.3 is 0 Å². The molecule has 1 aromatic rings. The standard InChI is InChI=1S/C8H10N2O3S2/c1-8(2,12)5-3-4-6(11)10-15(9,13)7(4)14-5/h3,12H,1-2H3,(H2,9,10,11,13). The molecule has 1 aliphatic rings. The third-order valence-electron chi connectivity index (χ3n) is 2.04. The second kappa shape index (κ2) is 2.81. The van der Waals surface area contributed by atoms with Gasteiger partial charge in [0.15, 0.2) is 9.92 Å². The van der Waals surface area contributed by atoms with Gasteiger partial charge in [0.05, 0.1) is 11.2 Å². The van der Waals surface area contributed by atoms with Crippen LogP contribution in [0.25, 0.3) is 0 Å². The molecular weight excluding hydrogens is 236 g/mol. The number of hydrogen-bond acceptors (Lipinski definition) is 5. The first kappa shape index (κ1) is 10.6. The summed E-state index contributed by atoms with van der Waals surface area (Å²) in [5.74, 6) is -0.503. The molecule has 2 heterocycles. The second-order valence-electron chi connectivity index (χ2n) is 3.86. The van der Waals surface area contributed by atoms with Crippen LogP contribution >= 0.6 is 11.3 Å². The fourth-order valence-electron chi connectivity index (χ4n) is 1.28. The van der Waals surface area contributed by atoms with Crippen LogP contribution in [0.3, 0.4) is 0 Å². The molecule has 3 N–H and O–H groups in total. The average molecular weight is 246 g/mol. The molecule has 0 aliphatic carbocycles. The number of carbonyl (C=O) groups excluding carboxylic acids is 1. The first-order chi connectivity index (χ1) is 6.72. The van der Waals surface area contributed by atoms with Crippen molar-refractivity contribution in [3.8, 4) is 0 Å². The zero-order chi connectivity index (χ0) is 11.4. The molecule has 0 spiro atoms. The molecular formula is C8H10N2O3S2. The van der Waals surface area contributed by atoms with Gasteiger partial charge in [-0.25, -0.2) is 8.99 Å². The minimum atomic E-state index is -3.19. The maximum atomic E-state index is 11.6. The van der Waals surface area contributed by atoms with Crippen molar-refractivity contribution >= 4 is 27.2 Å². The van der Waals surface area contributed by atoms with E-state index in [9.17, 15) is 14.1 Å². The molecule has 2 rings (SSSR count). The van der Waals surface area contributed by atoms with Gasteiger partial charge < -0.3 is 5.11 Å². The van der Waals surface area contributed by atoms with Gasteiger partial charge in [-0.3, -0.25) is 9.52 Å². The summed E-state index contributed by atoms with van der Waals surface area (Å²) >= 11 is 1.04. The molecule has 0 saturated heterocycles. The van der Waals surface area contributed by atoms with Crippen molar-refractivity contribution in [2.24, 2.45) is 0 Å². The molecule has 15 heavy (non-hydrogen) atoms. The molecule has 0 aromatic carbocycles. The van der Waals surface area contributed by atoms with Crippen LogP contribution in [0.4, 0.5) is 0 Å². The van der Waals surface area contributed by atoms with E-state index in [1.165, 1.54) is 6.07 Å². The third-order valence-corrected chi connectivity index (χ3v) is 5.45. The van der Waals surface area contributed by atoms with Crippen LogP contribution < -0.4 is 4.72 Å². The van der Waals surface area contributed by atoms with Crippen LogP contribution in [0.15, 0.2) is 10.3 Å². The zero-order valence-corrected chi connectivity index (χ0v) is 9.79. The summed E-state index contributed by atoms with van der Waals surface area (Å²) in [4.78, 5) is 11.9. The number of amides is 1. The number of aliphatic hydroxyl groups is 1. The van der Waals surface area contributed by atoms with Gasteiger partial charge in [0.25, 0.3) is 5.91 Å². The molecule has 1 unspecified atom stereocenters. The van der Waals surface area contributed by atoms with E-state index in [0.717, 1.165) is 11.3 Å². The summed E-state index contributed by atoms with van der Waals surface area (Å²) in [7, 11) is -3.19. The van der Waals surface area contributed by atoms with Crippen molar-refractivity contribution < 1.29 is 14.1 Å². The van der Waals surface area contributed by atoms with Crippen molar-refractivity contribution in [3.63, 3.8) is 0 Å². The first-order valence-corrected chi connectivity index (χ1v) is 6.57. The summed E-state index contributed by atoms with van der Waals surface area (Å²) in [5.41, 5.74) is -0.831. The molecule has 0 bridgehead atoms. The van der Waals surface area contributed by atoms with Gasteiger partial charge in [-0.2, -0.15) is 0 Å². The molecule has 1 amide bonds. The highest BCUT2D eigenvalue weighted by atomic mass is 32.2.